The molecule has 1 aromatic heterocycles. The van der Waals surface area contributed by atoms with Crippen molar-refractivity contribution in [3.05, 3.63) is 30.1 Å². The molecule has 20 heavy (non-hydrogen) atoms. The molecule has 0 fully saturated rings. The quantitative estimate of drug-likeness (QED) is 0.883. The van der Waals surface area contributed by atoms with E-state index in [0.29, 0.717) is 0 Å². The third-order valence-corrected chi connectivity index (χ3v) is 2.87. The molecule has 1 heterocycles. The van der Waals surface area contributed by atoms with Gasteiger partial charge in [0.15, 0.2) is 0 Å². The standard InChI is InChI=1S/C14H21N3O3/c1-10(11-6-5-7-15-8-11)16-13(20)17(9-12(18)19)14(2,3)4/h5-8,10H,9H2,1-4H3,(H,16,20)(H,18,19). The molecule has 0 spiro atoms. The lowest BCUT2D eigenvalue weighted by molar-refractivity contribution is -0.138. The minimum atomic E-state index is -1.04. The van der Waals surface area contributed by atoms with Crippen LogP contribution in [-0.2, 0) is 4.79 Å². The number of aliphatic carboxylic acids is 1. The lowest BCUT2D eigenvalue weighted by Gasteiger charge is -2.35. The minimum Gasteiger partial charge on any atom is -0.480 e. The van der Waals surface area contributed by atoms with E-state index in [2.05, 4.69) is 10.3 Å². The van der Waals surface area contributed by atoms with Gasteiger partial charge < -0.3 is 15.3 Å². The van der Waals surface area contributed by atoms with E-state index >= 15 is 0 Å². The molecular weight excluding hydrogens is 258 g/mol. The van der Waals surface area contributed by atoms with E-state index in [1.165, 1.54) is 4.90 Å². The van der Waals surface area contributed by atoms with Crippen LogP contribution in [0.15, 0.2) is 24.5 Å². The van der Waals surface area contributed by atoms with E-state index in [1.54, 1.807) is 39.2 Å². The molecule has 1 atom stereocenters. The Labute approximate surface area is 118 Å². The number of carboxylic acids is 1. The van der Waals surface area contributed by atoms with Crippen LogP contribution in [0.3, 0.4) is 0 Å². The van der Waals surface area contributed by atoms with Crippen LogP contribution in [0.5, 0.6) is 0 Å². The largest absolute Gasteiger partial charge is 0.480 e. The maximum Gasteiger partial charge on any atom is 0.323 e. The number of urea groups is 1. The number of rotatable bonds is 4. The Morgan fingerprint density at radius 1 is 1.45 bits per heavy atom. The predicted octanol–water partition coefficient (Wildman–Crippen LogP) is 2.04. The monoisotopic (exact) mass is 279 g/mol. The second-order valence-corrected chi connectivity index (χ2v) is 5.61. The number of nitrogens with one attached hydrogen (secondary N) is 1. The van der Waals surface area contributed by atoms with E-state index in [1.807, 2.05) is 13.0 Å². The number of aromatic nitrogens is 1. The van der Waals surface area contributed by atoms with Crippen molar-refractivity contribution in [1.82, 2.24) is 15.2 Å². The van der Waals surface area contributed by atoms with Gasteiger partial charge in [-0.15, -0.1) is 0 Å². The lowest BCUT2D eigenvalue weighted by Crippen LogP contribution is -2.52. The summed E-state index contributed by atoms with van der Waals surface area (Å²) in [6, 6.07) is 3.00. The molecule has 0 saturated carbocycles. The van der Waals surface area contributed by atoms with Crippen molar-refractivity contribution in [2.24, 2.45) is 0 Å². The molecule has 0 aliphatic carbocycles. The predicted molar refractivity (Wildman–Crippen MR) is 75.3 cm³/mol. The molecule has 0 aromatic carbocycles. The van der Waals surface area contributed by atoms with Crippen molar-refractivity contribution >= 4 is 12.0 Å². The van der Waals surface area contributed by atoms with Crippen molar-refractivity contribution in [1.29, 1.82) is 0 Å². The van der Waals surface area contributed by atoms with Gasteiger partial charge in [-0.3, -0.25) is 9.78 Å². The highest BCUT2D eigenvalue weighted by molar-refractivity contribution is 5.81. The molecule has 2 amide bonds. The van der Waals surface area contributed by atoms with Gasteiger partial charge in [-0.25, -0.2) is 4.79 Å². The smallest absolute Gasteiger partial charge is 0.323 e. The number of amides is 2. The first-order valence-corrected chi connectivity index (χ1v) is 6.41. The molecule has 1 aromatic rings. The van der Waals surface area contributed by atoms with Gasteiger partial charge in [0.25, 0.3) is 0 Å². The fourth-order valence-electron chi connectivity index (χ4n) is 1.73. The summed E-state index contributed by atoms with van der Waals surface area (Å²) in [5.41, 5.74) is 0.293. The zero-order chi connectivity index (χ0) is 15.3. The summed E-state index contributed by atoms with van der Waals surface area (Å²) in [5.74, 6) is -1.04. The molecule has 0 aliphatic rings. The Morgan fingerprint density at radius 2 is 2.10 bits per heavy atom. The number of hydrogen-bond acceptors (Lipinski definition) is 3. The topological polar surface area (TPSA) is 82.5 Å². The summed E-state index contributed by atoms with van der Waals surface area (Å²) in [6.45, 7) is 6.88. The zero-order valence-corrected chi connectivity index (χ0v) is 12.3. The van der Waals surface area contributed by atoms with Crippen molar-refractivity contribution in [3.63, 3.8) is 0 Å². The fourth-order valence-corrected chi connectivity index (χ4v) is 1.73. The van der Waals surface area contributed by atoms with Crippen molar-refractivity contribution in [2.45, 2.75) is 39.3 Å². The average Bonchev–Trinajstić information content (AvgIpc) is 2.35. The lowest BCUT2D eigenvalue weighted by atomic mass is 10.1. The summed E-state index contributed by atoms with van der Waals surface area (Å²) in [4.78, 5) is 28.4. The van der Waals surface area contributed by atoms with Gasteiger partial charge in [0.05, 0.1) is 6.04 Å². The molecule has 1 rings (SSSR count). The molecule has 2 N–H and O–H groups in total. The first-order chi connectivity index (χ1) is 9.21. The molecule has 0 aliphatic heterocycles. The van der Waals surface area contributed by atoms with Crippen LogP contribution in [0.25, 0.3) is 0 Å². The zero-order valence-electron chi connectivity index (χ0n) is 12.3. The Bertz CT molecular complexity index is 468. The Hall–Kier alpha value is -2.11. The number of pyridine rings is 1. The highest BCUT2D eigenvalue weighted by Crippen LogP contribution is 2.16. The first-order valence-electron chi connectivity index (χ1n) is 6.41. The molecule has 6 heteroatoms. The van der Waals surface area contributed by atoms with E-state index in [0.717, 1.165) is 5.56 Å². The average molecular weight is 279 g/mol. The van der Waals surface area contributed by atoms with Crippen LogP contribution >= 0.6 is 0 Å². The van der Waals surface area contributed by atoms with Crippen LogP contribution < -0.4 is 5.32 Å². The van der Waals surface area contributed by atoms with E-state index in [4.69, 9.17) is 5.11 Å². The van der Waals surface area contributed by atoms with E-state index in [-0.39, 0.29) is 12.6 Å². The fraction of sp³-hybridized carbons (Fsp3) is 0.500. The first kappa shape index (κ1) is 15.9. The van der Waals surface area contributed by atoms with Gasteiger partial charge in [-0.05, 0) is 39.3 Å². The highest BCUT2D eigenvalue weighted by atomic mass is 16.4. The maximum absolute atomic E-state index is 12.2. The minimum absolute atomic E-state index is 0.241. The van der Waals surface area contributed by atoms with Crippen LogP contribution in [0.4, 0.5) is 4.79 Å². The van der Waals surface area contributed by atoms with Gasteiger partial charge in [0.2, 0.25) is 0 Å². The Balaban J connectivity index is 2.79. The second-order valence-electron chi connectivity index (χ2n) is 5.61. The number of nitrogens with zero attached hydrogens (tertiary/aromatic N) is 2. The van der Waals surface area contributed by atoms with Gasteiger partial charge in [0, 0.05) is 17.9 Å². The van der Waals surface area contributed by atoms with E-state index < -0.39 is 17.5 Å². The molecule has 0 saturated heterocycles. The number of carbonyl (C=O) groups is 2. The third kappa shape index (κ3) is 4.53. The summed E-state index contributed by atoms with van der Waals surface area (Å²) in [7, 11) is 0. The summed E-state index contributed by atoms with van der Waals surface area (Å²) < 4.78 is 0. The normalized spacial score (nSPS) is 12.6. The number of carbonyl (C=O) groups excluding carboxylic acids is 1. The summed E-state index contributed by atoms with van der Waals surface area (Å²) in [6.07, 6.45) is 3.33. The van der Waals surface area contributed by atoms with Gasteiger partial charge in [-0.1, -0.05) is 6.07 Å². The molecule has 1 unspecified atom stereocenters. The third-order valence-electron chi connectivity index (χ3n) is 2.87. The highest BCUT2D eigenvalue weighted by Gasteiger charge is 2.29. The van der Waals surface area contributed by atoms with Crippen LogP contribution in [0.2, 0.25) is 0 Å². The van der Waals surface area contributed by atoms with Crippen LogP contribution in [0.1, 0.15) is 39.3 Å². The Kier molecular flexibility index (Phi) is 5.07. The van der Waals surface area contributed by atoms with Crippen molar-refractivity contribution in [3.8, 4) is 0 Å². The van der Waals surface area contributed by atoms with Crippen molar-refractivity contribution in [2.75, 3.05) is 6.54 Å². The van der Waals surface area contributed by atoms with Gasteiger partial charge in [-0.2, -0.15) is 0 Å². The number of hydrogen-bond donors (Lipinski definition) is 2. The van der Waals surface area contributed by atoms with Gasteiger partial charge >= 0.3 is 12.0 Å². The molecular formula is C14H21N3O3. The maximum atomic E-state index is 12.2. The Morgan fingerprint density at radius 3 is 2.55 bits per heavy atom. The molecule has 0 bridgehead atoms. The van der Waals surface area contributed by atoms with Crippen LogP contribution in [-0.4, -0.2) is 39.1 Å². The SMILES string of the molecule is CC(NC(=O)N(CC(=O)O)C(C)(C)C)c1cccnc1. The van der Waals surface area contributed by atoms with E-state index in [9.17, 15) is 9.59 Å². The summed E-state index contributed by atoms with van der Waals surface area (Å²) >= 11 is 0. The van der Waals surface area contributed by atoms with Crippen LogP contribution in [0, 0.1) is 0 Å². The summed E-state index contributed by atoms with van der Waals surface area (Å²) in [5, 5.41) is 11.7. The van der Waals surface area contributed by atoms with Gasteiger partial charge in [0.1, 0.15) is 6.54 Å². The second kappa shape index (κ2) is 6.36. The van der Waals surface area contributed by atoms with Crippen molar-refractivity contribution < 1.29 is 14.7 Å². The molecule has 0 radical (unpaired) electrons. The number of carboxylic acid groups (broad SMARTS) is 1. The molecule has 110 valence electrons. The molecule has 6 nitrogen and oxygen atoms in total.